The van der Waals surface area contributed by atoms with Crippen molar-refractivity contribution in [3.05, 3.63) is 46.2 Å². The van der Waals surface area contributed by atoms with E-state index in [1.54, 1.807) is 18.2 Å². The Bertz CT molecular complexity index is 638. The summed E-state index contributed by atoms with van der Waals surface area (Å²) >= 11 is 0.946. The highest BCUT2D eigenvalue weighted by Crippen LogP contribution is 2.24. The summed E-state index contributed by atoms with van der Waals surface area (Å²) in [4.78, 5) is 26.2. The van der Waals surface area contributed by atoms with Gasteiger partial charge in [0.1, 0.15) is 10.7 Å². The van der Waals surface area contributed by atoms with Gasteiger partial charge in [0.05, 0.1) is 0 Å². The predicted octanol–water partition coefficient (Wildman–Crippen LogP) is 2.80. The first-order valence-corrected chi connectivity index (χ1v) is 6.53. The van der Waals surface area contributed by atoms with Gasteiger partial charge in [-0.05, 0) is 6.07 Å². The Hall–Kier alpha value is -2.28. The molecule has 2 N–H and O–H groups in total. The second-order valence-electron chi connectivity index (χ2n) is 4.00. The summed E-state index contributed by atoms with van der Waals surface area (Å²) in [6.07, 6.45) is 0. The smallest absolute Gasteiger partial charge is 0.356 e. The van der Waals surface area contributed by atoms with Crippen molar-refractivity contribution in [1.82, 2.24) is 4.98 Å². The summed E-state index contributed by atoms with van der Waals surface area (Å²) < 4.78 is 13.4. The van der Waals surface area contributed by atoms with Crippen molar-refractivity contribution in [2.75, 3.05) is 5.32 Å². The van der Waals surface area contributed by atoms with Crippen molar-refractivity contribution in [3.63, 3.8) is 0 Å². The van der Waals surface area contributed by atoms with E-state index >= 15 is 0 Å². The number of carbonyl (C=O) groups is 2. The number of nitrogens with zero attached hydrogens (tertiary/aromatic N) is 1. The average molecular weight is 294 g/mol. The number of nitrogens with one attached hydrogen (secondary N) is 1. The maximum atomic E-state index is 13.4. The van der Waals surface area contributed by atoms with Gasteiger partial charge in [0.2, 0.25) is 0 Å². The number of aromatic nitrogens is 1. The number of hydrogen-bond donors (Lipinski definition) is 2. The first-order chi connectivity index (χ1) is 9.49. The summed E-state index contributed by atoms with van der Waals surface area (Å²) in [5, 5.41) is 12.1. The lowest BCUT2D eigenvalue weighted by molar-refractivity contribution is 0.0687. The van der Waals surface area contributed by atoms with Crippen LogP contribution in [0, 0.1) is 5.82 Å². The lowest BCUT2D eigenvalue weighted by Crippen LogP contribution is -2.04. The Labute approximate surface area is 118 Å². The highest BCUT2D eigenvalue weighted by atomic mass is 32.1. The molecular weight excluding hydrogens is 283 g/mol. The number of Topliss-reactive ketones (excluding diaryl/α,β-unsaturated/α-hetero) is 1. The van der Waals surface area contributed by atoms with Gasteiger partial charge in [-0.15, -0.1) is 0 Å². The van der Waals surface area contributed by atoms with Gasteiger partial charge in [-0.2, -0.15) is 0 Å². The third kappa shape index (κ3) is 3.00. The molecule has 0 saturated carbocycles. The fraction of sp³-hybridized carbons (Fsp3) is 0.154. The predicted molar refractivity (Wildman–Crippen MR) is 72.8 cm³/mol. The minimum atomic E-state index is -1.26. The van der Waals surface area contributed by atoms with Crippen molar-refractivity contribution in [3.8, 4) is 0 Å². The second kappa shape index (κ2) is 5.79. The van der Waals surface area contributed by atoms with E-state index in [9.17, 15) is 14.0 Å². The number of benzene rings is 1. The highest BCUT2D eigenvalue weighted by Gasteiger charge is 2.20. The van der Waals surface area contributed by atoms with Crippen molar-refractivity contribution in [2.45, 2.75) is 13.5 Å². The number of halogens is 1. The molecule has 1 aromatic heterocycles. The lowest BCUT2D eigenvalue weighted by atomic mass is 10.2. The number of rotatable bonds is 5. The molecule has 0 atom stereocenters. The van der Waals surface area contributed by atoms with Crippen molar-refractivity contribution < 1.29 is 19.1 Å². The zero-order valence-electron chi connectivity index (χ0n) is 10.5. The van der Waals surface area contributed by atoms with Gasteiger partial charge in [-0.1, -0.05) is 29.5 Å². The summed E-state index contributed by atoms with van der Waals surface area (Å²) in [6.45, 7) is 1.44. The van der Waals surface area contributed by atoms with Crippen LogP contribution in [0.5, 0.6) is 0 Å². The quantitative estimate of drug-likeness (QED) is 0.829. The van der Waals surface area contributed by atoms with Crippen LogP contribution < -0.4 is 5.32 Å². The molecule has 20 heavy (non-hydrogen) atoms. The molecule has 1 aromatic carbocycles. The maximum Gasteiger partial charge on any atom is 0.356 e. The SMILES string of the molecule is CC(=O)c1sc(NCc2ccccc2F)nc1C(=O)O. The number of anilines is 1. The third-order valence-corrected chi connectivity index (χ3v) is 3.65. The average Bonchev–Trinajstić information content (AvgIpc) is 2.82. The van der Waals surface area contributed by atoms with Crippen LogP contribution in [0.15, 0.2) is 24.3 Å². The molecular formula is C13H11FN2O3S. The largest absolute Gasteiger partial charge is 0.476 e. The second-order valence-corrected chi connectivity index (χ2v) is 5.00. The Morgan fingerprint density at radius 3 is 2.65 bits per heavy atom. The number of carboxylic acids is 1. The Morgan fingerprint density at radius 1 is 1.40 bits per heavy atom. The molecule has 2 aromatic rings. The Balaban J connectivity index is 2.19. The minimum absolute atomic E-state index is 0.0773. The number of thiazole rings is 1. The van der Waals surface area contributed by atoms with Crippen LogP contribution in [0.3, 0.4) is 0 Å². The molecule has 1 heterocycles. The van der Waals surface area contributed by atoms with Gasteiger partial charge in [-0.25, -0.2) is 14.2 Å². The molecule has 0 spiro atoms. The van der Waals surface area contributed by atoms with Crippen molar-refractivity contribution >= 4 is 28.2 Å². The van der Waals surface area contributed by atoms with Crippen molar-refractivity contribution in [1.29, 1.82) is 0 Å². The van der Waals surface area contributed by atoms with Crippen molar-refractivity contribution in [2.24, 2.45) is 0 Å². The minimum Gasteiger partial charge on any atom is -0.476 e. The number of carboxylic acid groups (broad SMARTS) is 1. The fourth-order valence-corrected chi connectivity index (χ4v) is 2.44. The van der Waals surface area contributed by atoms with Crippen LogP contribution in [0.25, 0.3) is 0 Å². The zero-order chi connectivity index (χ0) is 14.7. The number of carbonyl (C=O) groups excluding carboxylic acids is 1. The first kappa shape index (κ1) is 14.1. The third-order valence-electron chi connectivity index (χ3n) is 2.54. The van der Waals surface area contributed by atoms with Gasteiger partial charge in [0.25, 0.3) is 0 Å². The molecule has 0 amide bonds. The van der Waals surface area contributed by atoms with Crippen LogP contribution in [0.2, 0.25) is 0 Å². The van der Waals surface area contributed by atoms with Gasteiger partial charge < -0.3 is 10.4 Å². The Morgan fingerprint density at radius 2 is 2.10 bits per heavy atom. The summed E-state index contributed by atoms with van der Waals surface area (Å²) in [6, 6.07) is 6.23. The number of aromatic carboxylic acids is 1. The van der Waals surface area contributed by atoms with E-state index in [1.807, 2.05) is 0 Å². The molecule has 0 aliphatic rings. The summed E-state index contributed by atoms with van der Waals surface area (Å²) in [5.41, 5.74) is 0.155. The van der Waals surface area contributed by atoms with Gasteiger partial charge in [0.15, 0.2) is 16.6 Å². The van der Waals surface area contributed by atoms with Crippen LogP contribution >= 0.6 is 11.3 Å². The van der Waals surface area contributed by atoms with Crippen LogP contribution in [-0.2, 0) is 6.54 Å². The van der Waals surface area contributed by atoms with Gasteiger partial charge in [0, 0.05) is 19.0 Å². The summed E-state index contributed by atoms with van der Waals surface area (Å²) in [5.74, 6) is -1.98. The van der Waals surface area contributed by atoms with E-state index in [-0.39, 0.29) is 33.8 Å². The molecule has 0 radical (unpaired) electrons. The molecule has 2 rings (SSSR count). The molecule has 7 heteroatoms. The van der Waals surface area contributed by atoms with Crippen LogP contribution in [-0.4, -0.2) is 21.8 Å². The monoisotopic (exact) mass is 294 g/mol. The van der Waals surface area contributed by atoms with E-state index in [0.29, 0.717) is 5.56 Å². The fourth-order valence-electron chi connectivity index (χ4n) is 1.59. The molecule has 104 valence electrons. The van der Waals surface area contributed by atoms with E-state index in [4.69, 9.17) is 5.11 Å². The van der Waals surface area contributed by atoms with Gasteiger partial charge in [-0.3, -0.25) is 4.79 Å². The lowest BCUT2D eigenvalue weighted by Gasteiger charge is -2.03. The van der Waals surface area contributed by atoms with E-state index < -0.39 is 5.97 Å². The standard InChI is InChI=1S/C13H11FN2O3S/c1-7(17)11-10(12(18)19)16-13(20-11)15-6-8-4-2-3-5-9(8)14/h2-5H,6H2,1H3,(H,15,16)(H,18,19). The number of ketones is 1. The molecule has 0 saturated heterocycles. The normalized spacial score (nSPS) is 10.3. The first-order valence-electron chi connectivity index (χ1n) is 5.71. The molecule has 0 fully saturated rings. The molecule has 0 bridgehead atoms. The van der Waals surface area contributed by atoms with Crippen LogP contribution in [0.1, 0.15) is 32.6 Å². The molecule has 5 nitrogen and oxygen atoms in total. The molecule has 0 aliphatic heterocycles. The van der Waals surface area contributed by atoms with E-state index in [1.165, 1.54) is 13.0 Å². The molecule has 0 unspecified atom stereocenters. The van der Waals surface area contributed by atoms with E-state index in [0.717, 1.165) is 11.3 Å². The topological polar surface area (TPSA) is 79.3 Å². The highest BCUT2D eigenvalue weighted by molar-refractivity contribution is 7.17. The molecule has 0 aliphatic carbocycles. The van der Waals surface area contributed by atoms with Gasteiger partial charge >= 0.3 is 5.97 Å². The maximum absolute atomic E-state index is 13.4. The summed E-state index contributed by atoms with van der Waals surface area (Å²) in [7, 11) is 0. The van der Waals surface area contributed by atoms with E-state index in [2.05, 4.69) is 10.3 Å². The van der Waals surface area contributed by atoms with Crippen LogP contribution in [0.4, 0.5) is 9.52 Å². The number of hydrogen-bond acceptors (Lipinski definition) is 5. The zero-order valence-corrected chi connectivity index (χ0v) is 11.3. The Kier molecular flexibility index (Phi) is 4.09.